The van der Waals surface area contributed by atoms with E-state index in [1.807, 2.05) is 16.9 Å². The predicted octanol–water partition coefficient (Wildman–Crippen LogP) is 4.19. The van der Waals surface area contributed by atoms with Crippen molar-refractivity contribution >= 4 is 40.9 Å². The number of nitrogen functional groups attached to an aromatic ring is 1. The van der Waals surface area contributed by atoms with Gasteiger partial charge in [-0.2, -0.15) is 5.10 Å². The van der Waals surface area contributed by atoms with Crippen molar-refractivity contribution in [2.75, 3.05) is 30.7 Å². The zero-order valence-electron chi connectivity index (χ0n) is 17.5. The summed E-state index contributed by atoms with van der Waals surface area (Å²) in [5.74, 6) is -0.0501. The second kappa shape index (κ2) is 10.2. The lowest BCUT2D eigenvalue weighted by molar-refractivity contribution is 0.180. The van der Waals surface area contributed by atoms with Gasteiger partial charge in [-0.15, -0.1) is 10.2 Å². The standard InChI is InChI=1S/C21H22Cl2FN7O2/c22-15-2-3-16(24)19(23)14(15)6-11-33-17-12-18(28-29-20(17)25)27-21(32)30-9-4-13(5-10-30)31-8-1-7-26-31/h1-3,7-8,12-13H,4-6,9-11H2,(H2,25,29)(H,27,28,32). The van der Waals surface area contributed by atoms with Crippen molar-refractivity contribution < 1.29 is 13.9 Å². The van der Waals surface area contributed by atoms with Crippen LogP contribution in [0.2, 0.25) is 10.0 Å². The number of hydrogen-bond acceptors (Lipinski definition) is 6. The first-order valence-electron chi connectivity index (χ1n) is 10.4. The van der Waals surface area contributed by atoms with Crippen LogP contribution in [0.4, 0.5) is 20.8 Å². The van der Waals surface area contributed by atoms with Crippen molar-refractivity contribution in [1.29, 1.82) is 0 Å². The molecule has 0 bridgehead atoms. The van der Waals surface area contributed by atoms with Crippen LogP contribution < -0.4 is 15.8 Å². The largest absolute Gasteiger partial charge is 0.489 e. The Bertz CT molecular complexity index is 1120. The summed E-state index contributed by atoms with van der Waals surface area (Å²) in [7, 11) is 0. The molecule has 2 amide bonds. The number of piperidine rings is 1. The SMILES string of the molecule is Nc1nnc(NC(=O)N2CCC(n3cccn3)CC2)cc1OCCc1c(Cl)ccc(F)c1Cl. The summed E-state index contributed by atoms with van der Waals surface area (Å²) < 4.78 is 21.3. The summed E-state index contributed by atoms with van der Waals surface area (Å²) in [6, 6.07) is 6.02. The highest BCUT2D eigenvalue weighted by molar-refractivity contribution is 6.36. The van der Waals surface area contributed by atoms with Gasteiger partial charge >= 0.3 is 6.03 Å². The molecule has 12 heteroatoms. The van der Waals surface area contributed by atoms with Gasteiger partial charge < -0.3 is 15.4 Å². The number of amides is 2. The van der Waals surface area contributed by atoms with E-state index in [1.165, 1.54) is 18.2 Å². The molecule has 9 nitrogen and oxygen atoms in total. The predicted molar refractivity (Wildman–Crippen MR) is 123 cm³/mol. The molecule has 174 valence electrons. The number of anilines is 2. The molecule has 1 aliphatic heterocycles. The summed E-state index contributed by atoms with van der Waals surface area (Å²) in [4.78, 5) is 14.4. The Balaban J connectivity index is 1.33. The van der Waals surface area contributed by atoms with Crippen LogP contribution in [0.3, 0.4) is 0 Å². The highest BCUT2D eigenvalue weighted by Gasteiger charge is 2.24. The number of hydrogen-bond donors (Lipinski definition) is 2. The summed E-state index contributed by atoms with van der Waals surface area (Å²) >= 11 is 12.1. The first-order valence-corrected chi connectivity index (χ1v) is 11.1. The van der Waals surface area contributed by atoms with Crippen molar-refractivity contribution in [3.8, 4) is 5.75 Å². The second-order valence-corrected chi connectivity index (χ2v) is 8.32. The van der Waals surface area contributed by atoms with Gasteiger partial charge in [-0.3, -0.25) is 10.00 Å². The minimum Gasteiger partial charge on any atom is -0.489 e. The van der Waals surface area contributed by atoms with Crippen molar-refractivity contribution in [1.82, 2.24) is 24.9 Å². The van der Waals surface area contributed by atoms with Crippen molar-refractivity contribution in [3.05, 3.63) is 58.1 Å². The van der Waals surface area contributed by atoms with E-state index in [2.05, 4.69) is 20.6 Å². The fourth-order valence-corrected chi connectivity index (χ4v) is 4.20. The summed E-state index contributed by atoms with van der Waals surface area (Å²) in [5, 5.41) is 15.1. The van der Waals surface area contributed by atoms with E-state index in [1.54, 1.807) is 11.1 Å². The molecule has 3 N–H and O–H groups in total. The number of benzene rings is 1. The maximum Gasteiger partial charge on any atom is 0.323 e. The lowest BCUT2D eigenvalue weighted by atomic mass is 10.1. The number of nitrogens with one attached hydrogen (secondary N) is 1. The fraction of sp³-hybridized carbons (Fsp3) is 0.333. The molecule has 0 saturated carbocycles. The summed E-state index contributed by atoms with van der Waals surface area (Å²) in [5.41, 5.74) is 6.28. The lowest BCUT2D eigenvalue weighted by Gasteiger charge is -2.31. The minimum absolute atomic E-state index is 0.0452. The van der Waals surface area contributed by atoms with Gasteiger partial charge in [0.2, 0.25) is 0 Å². The van der Waals surface area contributed by atoms with Crippen LogP contribution in [0.5, 0.6) is 5.75 Å². The van der Waals surface area contributed by atoms with Crippen LogP contribution >= 0.6 is 23.2 Å². The Morgan fingerprint density at radius 1 is 1.27 bits per heavy atom. The fourth-order valence-electron chi connectivity index (χ4n) is 3.64. The van der Waals surface area contributed by atoms with Crippen LogP contribution in [0.25, 0.3) is 0 Å². The van der Waals surface area contributed by atoms with Gasteiger partial charge in [-0.1, -0.05) is 23.2 Å². The molecular weight excluding hydrogens is 472 g/mol. The van der Waals surface area contributed by atoms with Crippen LogP contribution in [0.1, 0.15) is 24.4 Å². The van der Waals surface area contributed by atoms with Crippen molar-refractivity contribution in [2.24, 2.45) is 0 Å². The van der Waals surface area contributed by atoms with Gasteiger partial charge in [0.25, 0.3) is 0 Å². The zero-order chi connectivity index (χ0) is 23.4. The molecule has 2 aromatic heterocycles. The van der Waals surface area contributed by atoms with Crippen LogP contribution in [0, 0.1) is 5.82 Å². The highest BCUT2D eigenvalue weighted by atomic mass is 35.5. The first kappa shape index (κ1) is 23.1. The normalized spacial score (nSPS) is 14.3. The molecule has 3 heterocycles. The Morgan fingerprint density at radius 2 is 2.06 bits per heavy atom. The number of urea groups is 1. The number of rotatable bonds is 6. The number of carbonyl (C=O) groups excluding carboxylic acids is 1. The van der Waals surface area contributed by atoms with Gasteiger partial charge in [-0.05, 0) is 36.6 Å². The molecule has 0 atom stereocenters. The van der Waals surface area contributed by atoms with E-state index in [4.69, 9.17) is 33.7 Å². The number of nitrogens with two attached hydrogens (primary N) is 1. The van der Waals surface area contributed by atoms with Gasteiger partial charge in [0.05, 0.1) is 17.7 Å². The molecular formula is C21H22Cl2FN7O2. The van der Waals surface area contributed by atoms with Crippen LogP contribution in [-0.2, 0) is 6.42 Å². The monoisotopic (exact) mass is 493 g/mol. The number of nitrogens with zero attached hydrogens (tertiary/aromatic N) is 5. The molecule has 1 fully saturated rings. The lowest BCUT2D eigenvalue weighted by Crippen LogP contribution is -2.41. The maximum atomic E-state index is 13.7. The second-order valence-electron chi connectivity index (χ2n) is 7.53. The molecule has 33 heavy (non-hydrogen) atoms. The molecule has 1 saturated heterocycles. The number of aromatic nitrogens is 4. The molecule has 3 aromatic rings. The molecule has 0 aliphatic carbocycles. The minimum atomic E-state index is -0.556. The summed E-state index contributed by atoms with van der Waals surface area (Å²) in [6.07, 6.45) is 5.55. The number of halogens is 3. The average Bonchev–Trinajstić information content (AvgIpc) is 3.36. The first-order chi connectivity index (χ1) is 15.9. The Labute approximate surface area is 199 Å². The summed E-state index contributed by atoms with van der Waals surface area (Å²) in [6.45, 7) is 1.31. The van der Waals surface area contributed by atoms with Crippen LogP contribution in [-0.4, -0.2) is 50.6 Å². The topological polar surface area (TPSA) is 111 Å². The van der Waals surface area contributed by atoms with Gasteiger partial charge in [0.15, 0.2) is 17.4 Å². The van der Waals surface area contributed by atoms with Gasteiger partial charge in [0.1, 0.15) is 5.82 Å². The van der Waals surface area contributed by atoms with Gasteiger partial charge in [-0.25, -0.2) is 9.18 Å². The molecule has 0 unspecified atom stereocenters. The van der Waals surface area contributed by atoms with E-state index in [-0.39, 0.29) is 47.5 Å². The molecule has 1 aromatic carbocycles. The van der Waals surface area contributed by atoms with E-state index in [0.29, 0.717) is 23.7 Å². The Hall–Kier alpha value is -3.11. The third kappa shape index (κ3) is 5.45. The third-order valence-corrected chi connectivity index (χ3v) is 6.18. The van der Waals surface area contributed by atoms with Crippen LogP contribution in [0.15, 0.2) is 36.7 Å². The van der Waals surface area contributed by atoms with E-state index >= 15 is 0 Å². The van der Waals surface area contributed by atoms with E-state index in [9.17, 15) is 9.18 Å². The smallest absolute Gasteiger partial charge is 0.323 e. The Morgan fingerprint density at radius 3 is 2.79 bits per heavy atom. The molecule has 0 radical (unpaired) electrons. The van der Waals surface area contributed by atoms with Crippen molar-refractivity contribution in [3.63, 3.8) is 0 Å². The van der Waals surface area contributed by atoms with Crippen molar-refractivity contribution in [2.45, 2.75) is 25.3 Å². The number of ether oxygens (including phenoxy) is 1. The average molecular weight is 494 g/mol. The Kier molecular flexibility index (Phi) is 7.14. The third-order valence-electron chi connectivity index (χ3n) is 5.42. The zero-order valence-corrected chi connectivity index (χ0v) is 19.1. The number of likely N-dealkylation sites (tertiary alicyclic amines) is 1. The highest BCUT2D eigenvalue weighted by Crippen LogP contribution is 2.29. The quantitative estimate of drug-likeness (QED) is 0.497. The maximum absolute atomic E-state index is 13.7. The van der Waals surface area contributed by atoms with Gasteiger partial charge in [0, 0.05) is 43.0 Å². The molecule has 0 spiro atoms. The molecule has 4 rings (SSSR count). The van der Waals surface area contributed by atoms with E-state index in [0.717, 1.165) is 12.8 Å². The number of carbonyl (C=O) groups is 1. The van der Waals surface area contributed by atoms with E-state index < -0.39 is 5.82 Å². The molecule has 1 aliphatic rings.